The van der Waals surface area contributed by atoms with Crippen molar-refractivity contribution in [3.63, 3.8) is 0 Å². The fraction of sp³-hybridized carbons (Fsp3) is 0.0556. The smallest absolute Gasteiger partial charge is 0.270 e. The van der Waals surface area contributed by atoms with Gasteiger partial charge in [-0.1, -0.05) is 30.1 Å². The van der Waals surface area contributed by atoms with Crippen LogP contribution in [-0.4, -0.2) is 16.1 Å². The summed E-state index contributed by atoms with van der Waals surface area (Å²) in [4.78, 5) is 25.7. The summed E-state index contributed by atoms with van der Waals surface area (Å²) in [5.41, 5.74) is 1.33. The number of anilines is 2. The standard InChI is InChI=1S/C18H14N2O3S2/c1-12(21)19-13-7-9-14(10-8-13)20-17(22)16(25-18(20)24)6-2-4-15-5-3-11-23-15/h2-11H,1H3,(H,19,21)/b4-2+,16-6+. The number of carbonyl (C=O) groups excluding carboxylic acids is 2. The van der Waals surface area contributed by atoms with Crippen molar-refractivity contribution in [2.45, 2.75) is 6.92 Å². The molecule has 1 N–H and O–H groups in total. The molecular weight excluding hydrogens is 356 g/mol. The Morgan fingerprint density at radius 2 is 2.04 bits per heavy atom. The predicted octanol–water partition coefficient (Wildman–Crippen LogP) is 4.20. The summed E-state index contributed by atoms with van der Waals surface area (Å²) in [5.74, 6) is 0.385. The predicted molar refractivity (Wildman–Crippen MR) is 104 cm³/mol. The van der Waals surface area contributed by atoms with E-state index in [0.717, 1.165) is 0 Å². The summed E-state index contributed by atoms with van der Waals surface area (Å²) in [6, 6.07) is 10.6. The van der Waals surface area contributed by atoms with E-state index in [1.54, 1.807) is 54.8 Å². The molecule has 2 aromatic rings. The van der Waals surface area contributed by atoms with E-state index in [0.29, 0.717) is 26.4 Å². The number of amides is 2. The Bertz CT molecular complexity index is 868. The molecule has 5 nitrogen and oxygen atoms in total. The molecule has 0 aliphatic carbocycles. The maximum absolute atomic E-state index is 12.6. The molecule has 1 fully saturated rings. The van der Waals surface area contributed by atoms with Crippen LogP contribution in [0.25, 0.3) is 6.08 Å². The van der Waals surface area contributed by atoms with Gasteiger partial charge in [0, 0.05) is 12.6 Å². The van der Waals surface area contributed by atoms with E-state index in [-0.39, 0.29) is 11.8 Å². The largest absolute Gasteiger partial charge is 0.465 e. The van der Waals surface area contributed by atoms with Crippen LogP contribution < -0.4 is 10.2 Å². The van der Waals surface area contributed by atoms with E-state index >= 15 is 0 Å². The number of hydrogen-bond donors (Lipinski definition) is 1. The van der Waals surface area contributed by atoms with Crippen LogP contribution in [0.5, 0.6) is 0 Å². The number of hydrogen-bond acceptors (Lipinski definition) is 5. The van der Waals surface area contributed by atoms with Crippen LogP contribution in [0.15, 0.2) is 64.1 Å². The summed E-state index contributed by atoms with van der Waals surface area (Å²) in [6.07, 6.45) is 6.83. The SMILES string of the molecule is CC(=O)Nc1ccc(N2C(=O)/C(=C\C=C\c3ccco3)SC2=S)cc1. The van der Waals surface area contributed by atoms with E-state index in [1.165, 1.54) is 23.6 Å². The molecule has 0 spiro atoms. The Morgan fingerprint density at radius 3 is 2.68 bits per heavy atom. The van der Waals surface area contributed by atoms with Crippen LogP contribution in [-0.2, 0) is 9.59 Å². The molecule has 2 amide bonds. The second kappa shape index (κ2) is 7.50. The Balaban J connectivity index is 1.75. The highest BCUT2D eigenvalue weighted by molar-refractivity contribution is 8.27. The van der Waals surface area contributed by atoms with Crippen molar-refractivity contribution >= 4 is 57.6 Å². The van der Waals surface area contributed by atoms with E-state index in [2.05, 4.69) is 5.32 Å². The third-order valence-electron chi connectivity index (χ3n) is 3.29. The molecule has 0 radical (unpaired) electrons. The molecule has 1 saturated heterocycles. The summed E-state index contributed by atoms with van der Waals surface area (Å²) in [7, 11) is 0. The number of rotatable bonds is 4. The molecular formula is C18H14N2O3S2. The van der Waals surface area contributed by atoms with Crippen LogP contribution >= 0.6 is 24.0 Å². The lowest BCUT2D eigenvalue weighted by Gasteiger charge is -2.15. The second-order valence-corrected chi connectivity index (χ2v) is 6.82. The zero-order valence-corrected chi connectivity index (χ0v) is 14.9. The average molecular weight is 370 g/mol. The molecule has 25 heavy (non-hydrogen) atoms. The molecule has 2 heterocycles. The first kappa shape index (κ1) is 17.2. The van der Waals surface area contributed by atoms with E-state index in [9.17, 15) is 9.59 Å². The van der Waals surface area contributed by atoms with Crippen LogP contribution in [0.4, 0.5) is 11.4 Å². The number of furan rings is 1. The van der Waals surface area contributed by atoms with Crippen LogP contribution in [0.1, 0.15) is 12.7 Å². The van der Waals surface area contributed by atoms with Crippen molar-refractivity contribution in [2.24, 2.45) is 0 Å². The van der Waals surface area contributed by atoms with Gasteiger partial charge in [-0.05, 0) is 48.6 Å². The van der Waals surface area contributed by atoms with Gasteiger partial charge in [-0.2, -0.15) is 0 Å². The average Bonchev–Trinajstić information content (AvgIpc) is 3.17. The van der Waals surface area contributed by atoms with Gasteiger partial charge in [0.2, 0.25) is 5.91 Å². The zero-order chi connectivity index (χ0) is 17.8. The summed E-state index contributed by atoms with van der Waals surface area (Å²) < 4.78 is 5.67. The van der Waals surface area contributed by atoms with Crippen LogP contribution in [0.3, 0.4) is 0 Å². The molecule has 126 valence electrons. The molecule has 1 aromatic heterocycles. The Kier molecular flexibility index (Phi) is 5.16. The quantitative estimate of drug-likeness (QED) is 0.645. The molecule has 1 aromatic carbocycles. The number of allylic oxidation sites excluding steroid dienone is 2. The first-order valence-corrected chi connectivity index (χ1v) is 8.63. The summed E-state index contributed by atoms with van der Waals surface area (Å²) in [5, 5.41) is 2.69. The van der Waals surface area contributed by atoms with Crippen molar-refractivity contribution in [1.29, 1.82) is 0 Å². The summed E-state index contributed by atoms with van der Waals surface area (Å²) in [6.45, 7) is 1.44. The van der Waals surface area contributed by atoms with Crippen LogP contribution in [0, 0.1) is 0 Å². The Labute approximate surface area is 154 Å². The molecule has 0 saturated carbocycles. The number of nitrogens with one attached hydrogen (secondary N) is 1. The second-order valence-electron chi connectivity index (χ2n) is 5.14. The van der Waals surface area contributed by atoms with Gasteiger partial charge < -0.3 is 9.73 Å². The summed E-state index contributed by atoms with van der Waals surface area (Å²) >= 11 is 6.57. The lowest BCUT2D eigenvalue weighted by atomic mass is 10.2. The monoisotopic (exact) mass is 370 g/mol. The van der Waals surface area contributed by atoms with Gasteiger partial charge in [-0.15, -0.1) is 0 Å². The van der Waals surface area contributed by atoms with E-state index in [4.69, 9.17) is 16.6 Å². The number of thioether (sulfide) groups is 1. The molecule has 3 rings (SSSR count). The highest BCUT2D eigenvalue weighted by Crippen LogP contribution is 2.35. The lowest BCUT2D eigenvalue weighted by molar-refractivity contribution is -0.114. The zero-order valence-electron chi connectivity index (χ0n) is 13.3. The molecule has 1 aliphatic rings. The molecule has 0 bridgehead atoms. The number of carbonyl (C=O) groups is 2. The van der Waals surface area contributed by atoms with Gasteiger partial charge in [0.1, 0.15) is 5.76 Å². The maximum Gasteiger partial charge on any atom is 0.270 e. The molecule has 7 heteroatoms. The van der Waals surface area contributed by atoms with Gasteiger partial charge in [-0.3, -0.25) is 14.5 Å². The minimum Gasteiger partial charge on any atom is -0.465 e. The fourth-order valence-electron chi connectivity index (χ4n) is 2.22. The van der Waals surface area contributed by atoms with Gasteiger partial charge in [0.25, 0.3) is 5.91 Å². The van der Waals surface area contributed by atoms with Crippen LogP contribution in [0.2, 0.25) is 0 Å². The van der Waals surface area contributed by atoms with Gasteiger partial charge in [0.15, 0.2) is 4.32 Å². The number of thiocarbonyl (C=S) groups is 1. The van der Waals surface area contributed by atoms with Gasteiger partial charge >= 0.3 is 0 Å². The molecule has 0 unspecified atom stereocenters. The Morgan fingerprint density at radius 1 is 1.28 bits per heavy atom. The lowest BCUT2D eigenvalue weighted by Crippen LogP contribution is -2.27. The maximum atomic E-state index is 12.6. The molecule has 1 aliphatic heterocycles. The first-order valence-electron chi connectivity index (χ1n) is 7.40. The van der Waals surface area contributed by atoms with Crippen molar-refractivity contribution in [1.82, 2.24) is 0 Å². The van der Waals surface area contributed by atoms with Crippen molar-refractivity contribution in [3.05, 3.63) is 65.5 Å². The van der Waals surface area contributed by atoms with E-state index in [1.807, 2.05) is 6.07 Å². The third kappa shape index (κ3) is 4.07. The Hall–Kier alpha value is -2.64. The first-order chi connectivity index (χ1) is 12.0. The topological polar surface area (TPSA) is 62.6 Å². The highest BCUT2D eigenvalue weighted by atomic mass is 32.2. The minimum absolute atomic E-state index is 0.148. The molecule has 0 atom stereocenters. The fourth-order valence-corrected chi connectivity index (χ4v) is 3.47. The van der Waals surface area contributed by atoms with Gasteiger partial charge in [-0.25, -0.2) is 0 Å². The van der Waals surface area contributed by atoms with Crippen molar-refractivity contribution < 1.29 is 14.0 Å². The van der Waals surface area contributed by atoms with Crippen molar-refractivity contribution in [2.75, 3.05) is 10.2 Å². The highest BCUT2D eigenvalue weighted by Gasteiger charge is 2.32. The minimum atomic E-state index is -0.175. The van der Waals surface area contributed by atoms with Gasteiger partial charge in [0.05, 0.1) is 16.9 Å². The van der Waals surface area contributed by atoms with E-state index < -0.39 is 0 Å². The number of nitrogens with zero attached hydrogens (tertiary/aromatic N) is 1. The normalized spacial score (nSPS) is 16.2. The van der Waals surface area contributed by atoms with Crippen molar-refractivity contribution in [3.8, 4) is 0 Å². The number of benzene rings is 1. The third-order valence-corrected chi connectivity index (χ3v) is 4.61.